The number of aromatic nitrogens is 3. The number of pyridine rings is 1. The number of nitrogens with one attached hydrogen (secondary N) is 3. The monoisotopic (exact) mass is 298 g/mol. The summed E-state index contributed by atoms with van der Waals surface area (Å²) in [6.07, 6.45) is 10.1. The predicted molar refractivity (Wildman–Crippen MR) is 89.8 cm³/mol. The van der Waals surface area contributed by atoms with Gasteiger partial charge < -0.3 is 15.3 Å². The molecule has 5 nitrogen and oxygen atoms in total. The summed E-state index contributed by atoms with van der Waals surface area (Å²) in [5.41, 5.74) is 3.55. The van der Waals surface area contributed by atoms with E-state index in [4.69, 9.17) is 0 Å². The van der Waals surface area contributed by atoms with E-state index >= 15 is 0 Å². The van der Waals surface area contributed by atoms with E-state index < -0.39 is 0 Å². The number of H-pyrrole nitrogens is 2. The molecule has 0 aromatic carbocycles. The molecule has 1 fully saturated rings. The molecule has 1 aliphatic carbocycles. The fourth-order valence-corrected chi connectivity index (χ4v) is 3.23. The standard InChI is InChI=1S/C17H18N4O.2H2/c22-17(21-12-3-1-2-4-12)15-9-11(10-20-15)13-5-7-18-16-14(13)6-8-19-16;;/h5-10,12,20H,1-4H2,(H,18,19)(H,21,22);2*1H. The Bertz CT molecular complexity index is 821. The molecule has 0 radical (unpaired) electrons. The van der Waals surface area contributed by atoms with Gasteiger partial charge in [-0.2, -0.15) is 0 Å². The molecule has 1 saturated carbocycles. The molecule has 5 heteroatoms. The van der Waals surface area contributed by atoms with Crippen LogP contribution in [-0.2, 0) is 0 Å². The van der Waals surface area contributed by atoms with Gasteiger partial charge in [-0.25, -0.2) is 4.98 Å². The third-order valence-corrected chi connectivity index (χ3v) is 4.39. The maximum Gasteiger partial charge on any atom is 0.267 e. The maximum absolute atomic E-state index is 12.3. The summed E-state index contributed by atoms with van der Waals surface area (Å²) in [7, 11) is 0. The molecule has 3 aromatic heterocycles. The topological polar surface area (TPSA) is 73.6 Å². The highest BCUT2D eigenvalue weighted by atomic mass is 16.1. The number of fused-ring (bicyclic) bond motifs is 1. The smallest absolute Gasteiger partial charge is 0.267 e. The summed E-state index contributed by atoms with van der Waals surface area (Å²) < 4.78 is 0. The molecule has 0 unspecified atom stereocenters. The molecule has 3 N–H and O–H groups in total. The van der Waals surface area contributed by atoms with E-state index in [0.29, 0.717) is 11.7 Å². The Morgan fingerprint density at radius 1 is 1.27 bits per heavy atom. The van der Waals surface area contributed by atoms with Gasteiger partial charge in [0.25, 0.3) is 5.91 Å². The van der Waals surface area contributed by atoms with Crippen molar-refractivity contribution in [2.45, 2.75) is 31.7 Å². The number of carbonyl (C=O) groups excluding carboxylic acids is 1. The average Bonchev–Trinajstić information content (AvgIpc) is 3.27. The van der Waals surface area contributed by atoms with Gasteiger partial charge in [0.1, 0.15) is 11.3 Å². The molecule has 3 heterocycles. The molecule has 22 heavy (non-hydrogen) atoms. The van der Waals surface area contributed by atoms with Crippen LogP contribution in [-0.4, -0.2) is 26.9 Å². The number of carbonyl (C=O) groups is 1. The summed E-state index contributed by atoms with van der Waals surface area (Å²) >= 11 is 0. The van der Waals surface area contributed by atoms with Crippen LogP contribution in [0.2, 0.25) is 0 Å². The summed E-state index contributed by atoms with van der Waals surface area (Å²) in [5.74, 6) is -0.0162. The number of aromatic amines is 2. The number of nitrogens with zero attached hydrogens (tertiary/aromatic N) is 1. The third kappa shape index (κ3) is 2.28. The molecule has 0 aliphatic heterocycles. The summed E-state index contributed by atoms with van der Waals surface area (Å²) in [5, 5.41) is 4.16. The molecule has 0 bridgehead atoms. The largest absolute Gasteiger partial charge is 0.357 e. The van der Waals surface area contributed by atoms with Crippen LogP contribution in [0.25, 0.3) is 22.2 Å². The van der Waals surface area contributed by atoms with Gasteiger partial charge in [0.05, 0.1) is 0 Å². The van der Waals surface area contributed by atoms with E-state index in [-0.39, 0.29) is 8.76 Å². The van der Waals surface area contributed by atoms with Gasteiger partial charge >= 0.3 is 0 Å². The molecule has 0 atom stereocenters. The summed E-state index contributed by atoms with van der Waals surface area (Å²) in [6, 6.07) is 6.21. The second-order valence-electron chi connectivity index (χ2n) is 5.86. The Labute approximate surface area is 131 Å². The molecule has 3 aromatic rings. The van der Waals surface area contributed by atoms with Crippen molar-refractivity contribution in [1.82, 2.24) is 20.3 Å². The fraction of sp³-hybridized carbons (Fsp3) is 0.294. The Balaban J connectivity index is 0.00000104. The highest BCUT2D eigenvalue weighted by Crippen LogP contribution is 2.27. The van der Waals surface area contributed by atoms with Gasteiger partial charge in [-0.15, -0.1) is 0 Å². The lowest BCUT2D eigenvalue weighted by atomic mass is 10.1. The summed E-state index contributed by atoms with van der Waals surface area (Å²) in [4.78, 5) is 22.8. The molecular formula is C17H22N4O. The lowest BCUT2D eigenvalue weighted by Gasteiger charge is -2.10. The van der Waals surface area contributed by atoms with Crippen LogP contribution in [0.4, 0.5) is 0 Å². The molecule has 4 rings (SSSR count). The normalized spacial score (nSPS) is 15.5. The van der Waals surface area contributed by atoms with E-state index in [1.165, 1.54) is 12.8 Å². The van der Waals surface area contributed by atoms with Gasteiger partial charge in [-0.05, 0) is 36.6 Å². The summed E-state index contributed by atoms with van der Waals surface area (Å²) in [6.45, 7) is 0. The van der Waals surface area contributed by atoms with Crippen molar-refractivity contribution in [1.29, 1.82) is 0 Å². The molecule has 0 spiro atoms. The van der Waals surface area contributed by atoms with Crippen molar-refractivity contribution in [2.75, 3.05) is 0 Å². The minimum Gasteiger partial charge on any atom is -0.357 e. The van der Waals surface area contributed by atoms with Gasteiger partial charge in [-0.3, -0.25) is 4.79 Å². The number of hydrogen-bond donors (Lipinski definition) is 3. The van der Waals surface area contributed by atoms with Crippen molar-refractivity contribution in [3.05, 3.63) is 42.5 Å². The third-order valence-electron chi connectivity index (χ3n) is 4.39. The highest BCUT2D eigenvalue weighted by molar-refractivity contribution is 5.97. The van der Waals surface area contributed by atoms with Crippen molar-refractivity contribution in [3.8, 4) is 11.1 Å². The minimum absolute atomic E-state index is 0. The van der Waals surface area contributed by atoms with E-state index in [2.05, 4.69) is 20.3 Å². The molecule has 116 valence electrons. The van der Waals surface area contributed by atoms with Crippen LogP contribution >= 0.6 is 0 Å². The van der Waals surface area contributed by atoms with E-state index in [1.807, 2.05) is 30.6 Å². The van der Waals surface area contributed by atoms with E-state index in [9.17, 15) is 4.79 Å². The minimum atomic E-state index is -0.0162. The first-order valence-electron chi connectivity index (χ1n) is 7.73. The SMILES string of the molecule is O=C(NC1CCCC1)c1cc(-c2ccnc3[nH]ccc23)c[nH]1.[HH].[HH]. The Hall–Kier alpha value is -2.56. The quantitative estimate of drug-likeness (QED) is 0.689. The number of rotatable bonds is 3. The first-order valence-corrected chi connectivity index (χ1v) is 7.73. The average molecular weight is 298 g/mol. The number of hydrogen-bond acceptors (Lipinski definition) is 2. The molecule has 1 aliphatic rings. The first kappa shape index (κ1) is 13.1. The van der Waals surface area contributed by atoms with Crippen LogP contribution in [0, 0.1) is 0 Å². The molecule has 1 amide bonds. The Morgan fingerprint density at radius 2 is 2.14 bits per heavy atom. The van der Waals surface area contributed by atoms with E-state index in [0.717, 1.165) is 35.0 Å². The van der Waals surface area contributed by atoms with Gasteiger partial charge in [0.15, 0.2) is 0 Å². The van der Waals surface area contributed by atoms with Crippen LogP contribution in [0.3, 0.4) is 0 Å². The second kappa shape index (κ2) is 5.33. The van der Waals surface area contributed by atoms with E-state index in [1.54, 1.807) is 6.20 Å². The fourth-order valence-electron chi connectivity index (χ4n) is 3.23. The van der Waals surface area contributed by atoms with Gasteiger partial charge in [0.2, 0.25) is 0 Å². The van der Waals surface area contributed by atoms with Gasteiger partial charge in [0, 0.05) is 38.4 Å². The van der Waals surface area contributed by atoms with Crippen molar-refractivity contribution in [3.63, 3.8) is 0 Å². The van der Waals surface area contributed by atoms with Crippen molar-refractivity contribution in [2.24, 2.45) is 0 Å². The maximum atomic E-state index is 12.3. The Morgan fingerprint density at radius 3 is 3.00 bits per heavy atom. The Kier molecular flexibility index (Phi) is 3.18. The van der Waals surface area contributed by atoms with Crippen molar-refractivity contribution < 1.29 is 7.65 Å². The zero-order chi connectivity index (χ0) is 14.9. The predicted octanol–water partition coefficient (Wildman–Crippen LogP) is 3.72. The van der Waals surface area contributed by atoms with Gasteiger partial charge in [-0.1, -0.05) is 12.8 Å². The lowest BCUT2D eigenvalue weighted by molar-refractivity contribution is 0.0933. The number of amides is 1. The second-order valence-corrected chi connectivity index (χ2v) is 5.86. The molecule has 0 saturated heterocycles. The molecular weight excluding hydrogens is 276 g/mol. The first-order chi connectivity index (χ1) is 10.8. The van der Waals surface area contributed by atoms with Crippen LogP contribution < -0.4 is 5.32 Å². The zero-order valence-corrected chi connectivity index (χ0v) is 12.2. The highest BCUT2D eigenvalue weighted by Gasteiger charge is 2.19. The van der Waals surface area contributed by atoms with Crippen LogP contribution in [0.1, 0.15) is 39.0 Å². The lowest BCUT2D eigenvalue weighted by Crippen LogP contribution is -2.32. The van der Waals surface area contributed by atoms with Crippen LogP contribution in [0.15, 0.2) is 36.8 Å². The van der Waals surface area contributed by atoms with Crippen LogP contribution in [0.5, 0.6) is 0 Å². The zero-order valence-electron chi connectivity index (χ0n) is 12.2. The van der Waals surface area contributed by atoms with Crippen molar-refractivity contribution >= 4 is 16.9 Å².